The van der Waals surface area contributed by atoms with Gasteiger partial charge >= 0.3 is 6.18 Å². The Bertz CT molecular complexity index is 1330. The lowest BCUT2D eigenvalue weighted by molar-refractivity contribution is -0.153. The Hall–Kier alpha value is -3.17. The zero-order valence-corrected chi connectivity index (χ0v) is 26.2. The molecule has 3 aromatic rings. The summed E-state index contributed by atoms with van der Waals surface area (Å²) in [4.78, 5) is 29.5. The van der Waals surface area contributed by atoms with Gasteiger partial charge in [-0.15, -0.1) is 0 Å². The van der Waals surface area contributed by atoms with E-state index in [1.54, 1.807) is 0 Å². The standard InChI is InChI=1S/C23H16Cl2F4N2O3.C6H14.C2H6/c1-12(32)13-6-7-16(24)15(8-13)14-9-19(34-11-23(27,28)29)21(30-10-14)31(2)22(33)20-17(25)4-3-5-18(20)26;1-4-6(3)5-2;1-2/h3-10H,11H2,1-2H3;6H,4-5H2,1-3H3;1-2H3. The van der Waals surface area contributed by atoms with Crippen molar-refractivity contribution >= 4 is 40.7 Å². The second kappa shape index (κ2) is 17.1. The highest BCUT2D eigenvalue weighted by atomic mass is 35.5. The fourth-order valence-electron chi connectivity index (χ4n) is 3.32. The molecule has 2 aromatic carbocycles. The molecule has 3 rings (SSSR count). The van der Waals surface area contributed by atoms with Gasteiger partial charge in [-0.25, -0.2) is 9.37 Å². The van der Waals surface area contributed by atoms with Gasteiger partial charge in [0.1, 0.15) is 5.82 Å². The Balaban J connectivity index is 0.000000979. The van der Waals surface area contributed by atoms with E-state index in [0.717, 1.165) is 16.9 Å². The van der Waals surface area contributed by atoms with E-state index < -0.39 is 35.8 Å². The molecule has 0 bridgehead atoms. The number of amides is 1. The van der Waals surface area contributed by atoms with Crippen LogP contribution in [0, 0.1) is 11.7 Å². The molecular weight excluding hydrogens is 595 g/mol. The van der Waals surface area contributed by atoms with Crippen molar-refractivity contribution in [1.82, 2.24) is 4.98 Å². The molecule has 11 heteroatoms. The van der Waals surface area contributed by atoms with Crippen LogP contribution >= 0.6 is 23.2 Å². The first-order chi connectivity index (χ1) is 19.7. The van der Waals surface area contributed by atoms with Crippen LogP contribution in [0.1, 0.15) is 75.1 Å². The minimum Gasteiger partial charge on any atom is -0.480 e. The van der Waals surface area contributed by atoms with E-state index in [9.17, 15) is 27.2 Å². The number of nitrogens with zero attached hydrogens (tertiary/aromatic N) is 2. The van der Waals surface area contributed by atoms with E-state index in [2.05, 4.69) is 25.8 Å². The third kappa shape index (κ3) is 10.6. The summed E-state index contributed by atoms with van der Waals surface area (Å²) < 4.78 is 57.8. The highest BCUT2D eigenvalue weighted by Gasteiger charge is 2.31. The number of Topliss-reactive ketones (excluding diaryl/α,β-unsaturated/α-hetero) is 1. The number of ether oxygens (including phenoxy) is 1. The molecule has 0 N–H and O–H groups in total. The summed E-state index contributed by atoms with van der Waals surface area (Å²) in [6.45, 7) is 10.4. The number of aromatic nitrogens is 1. The van der Waals surface area contributed by atoms with Crippen molar-refractivity contribution in [2.24, 2.45) is 5.92 Å². The molecule has 0 unspecified atom stereocenters. The molecule has 0 radical (unpaired) electrons. The van der Waals surface area contributed by atoms with Crippen molar-refractivity contribution in [1.29, 1.82) is 0 Å². The van der Waals surface area contributed by atoms with Gasteiger partial charge in [0.05, 0.1) is 10.6 Å². The van der Waals surface area contributed by atoms with Gasteiger partial charge in [0.25, 0.3) is 5.91 Å². The van der Waals surface area contributed by atoms with Crippen molar-refractivity contribution in [3.8, 4) is 16.9 Å². The minimum absolute atomic E-state index is 0.181. The number of hydrogen-bond acceptors (Lipinski definition) is 4. The number of carbonyl (C=O) groups is 2. The van der Waals surface area contributed by atoms with Crippen molar-refractivity contribution in [3.05, 3.63) is 75.7 Å². The third-order valence-corrected chi connectivity index (χ3v) is 6.75. The van der Waals surface area contributed by atoms with E-state index in [-0.39, 0.29) is 27.2 Å². The van der Waals surface area contributed by atoms with Gasteiger partial charge in [-0.05, 0) is 49.2 Å². The van der Waals surface area contributed by atoms with Crippen LogP contribution < -0.4 is 9.64 Å². The lowest BCUT2D eigenvalue weighted by Crippen LogP contribution is -2.29. The number of ketones is 1. The number of hydrogen-bond donors (Lipinski definition) is 0. The summed E-state index contributed by atoms with van der Waals surface area (Å²) >= 11 is 12.2. The number of halogens is 6. The molecule has 0 aliphatic rings. The molecule has 0 saturated carbocycles. The first kappa shape index (κ1) is 36.9. The lowest BCUT2D eigenvalue weighted by Gasteiger charge is -2.21. The van der Waals surface area contributed by atoms with E-state index in [1.165, 1.54) is 69.4 Å². The number of alkyl halides is 3. The summed E-state index contributed by atoms with van der Waals surface area (Å²) in [6, 6.07) is 9.25. The maximum Gasteiger partial charge on any atom is 0.422 e. The quantitative estimate of drug-likeness (QED) is 0.183. The molecule has 1 aromatic heterocycles. The average molecular weight is 632 g/mol. The monoisotopic (exact) mass is 630 g/mol. The maximum absolute atomic E-state index is 14.2. The van der Waals surface area contributed by atoms with Gasteiger partial charge in [0.15, 0.2) is 24.0 Å². The second-order valence-corrected chi connectivity index (χ2v) is 9.90. The minimum atomic E-state index is -4.68. The van der Waals surface area contributed by atoms with Crippen molar-refractivity contribution < 1.29 is 31.9 Å². The molecule has 0 spiro atoms. The molecule has 1 heterocycles. The predicted molar refractivity (Wildman–Crippen MR) is 161 cm³/mol. The van der Waals surface area contributed by atoms with Crippen LogP contribution in [-0.4, -0.2) is 36.5 Å². The molecule has 5 nitrogen and oxygen atoms in total. The number of anilines is 1. The topological polar surface area (TPSA) is 59.5 Å². The Morgan fingerprint density at radius 3 is 2.14 bits per heavy atom. The van der Waals surface area contributed by atoms with Crippen LogP contribution in [-0.2, 0) is 0 Å². The molecule has 0 aliphatic carbocycles. The summed E-state index contributed by atoms with van der Waals surface area (Å²) in [6.07, 6.45) is -0.780. The normalized spacial score (nSPS) is 10.7. The molecule has 1 amide bonds. The van der Waals surface area contributed by atoms with E-state index in [0.29, 0.717) is 11.1 Å². The smallest absolute Gasteiger partial charge is 0.422 e. The Labute approximate surface area is 254 Å². The van der Waals surface area contributed by atoms with Crippen LogP contribution in [0.25, 0.3) is 11.1 Å². The Kier molecular flexibility index (Phi) is 15.0. The number of benzene rings is 2. The highest BCUT2D eigenvalue weighted by molar-refractivity contribution is 6.34. The van der Waals surface area contributed by atoms with Gasteiger partial charge in [0.2, 0.25) is 0 Å². The molecular formula is C31H36Cl2F4N2O3. The van der Waals surface area contributed by atoms with Gasteiger partial charge in [-0.2, -0.15) is 13.2 Å². The van der Waals surface area contributed by atoms with Crippen molar-refractivity contribution in [3.63, 3.8) is 0 Å². The van der Waals surface area contributed by atoms with Crippen molar-refractivity contribution in [2.45, 2.75) is 60.6 Å². The van der Waals surface area contributed by atoms with Crippen LogP contribution in [0.15, 0.2) is 48.7 Å². The Morgan fingerprint density at radius 2 is 1.64 bits per heavy atom. The molecule has 42 heavy (non-hydrogen) atoms. The van der Waals surface area contributed by atoms with Gasteiger partial charge in [0, 0.05) is 35.0 Å². The highest BCUT2D eigenvalue weighted by Crippen LogP contribution is 2.36. The molecule has 0 fully saturated rings. The number of rotatable bonds is 8. The van der Waals surface area contributed by atoms with E-state index >= 15 is 0 Å². The molecule has 230 valence electrons. The Morgan fingerprint density at radius 1 is 1.02 bits per heavy atom. The fourth-order valence-corrected chi connectivity index (χ4v) is 3.79. The van der Waals surface area contributed by atoms with Crippen LogP contribution in [0.4, 0.5) is 23.4 Å². The molecule has 0 aliphatic heterocycles. The average Bonchev–Trinajstić information content (AvgIpc) is 2.96. The first-order valence-corrected chi connectivity index (χ1v) is 14.2. The summed E-state index contributed by atoms with van der Waals surface area (Å²) in [5.41, 5.74) is 0.398. The zero-order chi connectivity index (χ0) is 32.2. The van der Waals surface area contributed by atoms with Crippen LogP contribution in [0.2, 0.25) is 10.0 Å². The second-order valence-electron chi connectivity index (χ2n) is 9.08. The molecule has 0 saturated heterocycles. The fraction of sp³-hybridized carbons (Fsp3) is 0.387. The summed E-state index contributed by atoms with van der Waals surface area (Å²) in [5.74, 6) is -1.89. The predicted octanol–water partition coefficient (Wildman–Crippen LogP) is 10.1. The van der Waals surface area contributed by atoms with E-state index in [4.69, 9.17) is 27.9 Å². The summed E-state index contributed by atoms with van der Waals surface area (Å²) in [7, 11) is 1.19. The third-order valence-electron chi connectivity index (χ3n) is 6.10. The number of pyridine rings is 1. The number of carbonyl (C=O) groups excluding carboxylic acids is 2. The van der Waals surface area contributed by atoms with E-state index in [1.807, 2.05) is 13.8 Å². The van der Waals surface area contributed by atoms with Crippen molar-refractivity contribution in [2.75, 3.05) is 18.6 Å². The summed E-state index contributed by atoms with van der Waals surface area (Å²) in [5, 5.41) is 0.0305. The molecule has 0 atom stereocenters. The first-order valence-electron chi connectivity index (χ1n) is 13.4. The van der Waals surface area contributed by atoms with Gasteiger partial charge < -0.3 is 4.74 Å². The largest absolute Gasteiger partial charge is 0.480 e. The van der Waals surface area contributed by atoms with Gasteiger partial charge in [-0.1, -0.05) is 76.7 Å². The maximum atomic E-state index is 14.2. The lowest BCUT2D eigenvalue weighted by atomic mass is 10.0. The van der Waals surface area contributed by atoms with Crippen LogP contribution in [0.3, 0.4) is 0 Å². The van der Waals surface area contributed by atoms with Gasteiger partial charge in [-0.3, -0.25) is 14.5 Å². The SMILES string of the molecule is CC.CC(=O)c1ccc(Cl)c(-c2cnc(N(C)C(=O)c3c(F)cccc3Cl)c(OCC(F)(F)F)c2)c1.CCC(C)CC. The zero-order valence-electron chi connectivity index (χ0n) is 24.7. The van der Waals surface area contributed by atoms with Crippen LogP contribution in [0.5, 0.6) is 5.75 Å².